The van der Waals surface area contributed by atoms with Crippen molar-refractivity contribution in [2.45, 2.75) is 373 Å². The van der Waals surface area contributed by atoms with Crippen molar-refractivity contribution in [3.8, 4) is 0 Å². The molecular weight excluding hydrogens is 921 g/mol. The third-order valence-corrected chi connectivity index (χ3v) is 15.4. The lowest BCUT2D eigenvalue weighted by molar-refractivity contribution is -0.161. The van der Waals surface area contributed by atoms with E-state index in [2.05, 4.69) is 62.5 Å². The minimum absolute atomic E-state index is 0.0585. The Kier molecular flexibility index (Phi) is 64.3. The maximum atomic E-state index is 12.4. The lowest BCUT2D eigenvalue weighted by Crippen LogP contribution is -2.28. The van der Waals surface area contributed by atoms with Crippen LogP contribution in [0.2, 0.25) is 0 Å². The molecule has 1 atom stereocenters. The Balaban J connectivity index is 3.38. The summed E-state index contributed by atoms with van der Waals surface area (Å²) in [5, 5.41) is 9.69. The van der Waals surface area contributed by atoms with Gasteiger partial charge in [0.15, 0.2) is 6.10 Å². The van der Waals surface area contributed by atoms with Gasteiger partial charge in [-0.05, 0) is 51.4 Å². The molecule has 0 aromatic rings. The third kappa shape index (κ3) is 64.3. The van der Waals surface area contributed by atoms with Crippen LogP contribution in [0.5, 0.6) is 0 Å². The van der Waals surface area contributed by atoms with Gasteiger partial charge >= 0.3 is 11.9 Å². The summed E-state index contributed by atoms with van der Waals surface area (Å²) in [6.45, 7) is 4.09. The monoisotopic (exact) mass is 1050 g/mol. The van der Waals surface area contributed by atoms with Crippen LogP contribution in [0, 0.1) is 0 Å². The van der Waals surface area contributed by atoms with Crippen molar-refractivity contribution < 1.29 is 24.2 Å². The van der Waals surface area contributed by atoms with Gasteiger partial charge in [-0.15, -0.1) is 0 Å². The molecule has 0 fully saturated rings. The van der Waals surface area contributed by atoms with E-state index in [1.54, 1.807) is 0 Å². The van der Waals surface area contributed by atoms with Crippen LogP contribution in [0.4, 0.5) is 0 Å². The number of carbonyl (C=O) groups excluding carboxylic acids is 2. The van der Waals surface area contributed by atoms with Gasteiger partial charge in [0.05, 0.1) is 6.61 Å². The molecule has 0 aromatic heterocycles. The van der Waals surface area contributed by atoms with E-state index in [1.807, 2.05) is 0 Å². The molecule has 5 heteroatoms. The number of carbonyl (C=O) groups is 2. The molecule has 440 valence electrons. The van der Waals surface area contributed by atoms with E-state index in [-0.39, 0.29) is 25.2 Å². The van der Waals surface area contributed by atoms with E-state index < -0.39 is 6.10 Å². The van der Waals surface area contributed by atoms with Crippen molar-refractivity contribution in [3.63, 3.8) is 0 Å². The SMILES string of the molecule is CC/C=C\C/C=C\C/C=C\C/C=C\CCCCCCCCCCCCCCCCCCCCCCCCCCC(=O)OC(CO)COC(=O)CCCCCCCCCCCCCCCCCCCCCCCCCC. The number of hydrogen-bond donors (Lipinski definition) is 1. The standard InChI is InChI=1S/C70H130O5/c1-3-5-7-9-11-13-15-17-19-21-23-25-27-29-30-31-32-33-34-35-36-37-38-39-40-41-43-45-47-49-51-53-55-57-59-61-63-65-70(73)75-68(66-71)67-74-69(72)64-62-60-58-56-54-52-50-48-46-44-42-28-26-24-22-20-18-16-14-12-10-8-6-4-2/h5,7,11,13,17,19,23,25,68,71H,3-4,6,8-10,12,14-16,18,20-22,24,26-67H2,1-2H3/b7-5-,13-11-,19-17-,25-23-. The van der Waals surface area contributed by atoms with Crippen LogP contribution in [-0.2, 0) is 19.1 Å². The Morgan fingerprint density at radius 2 is 0.573 bits per heavy atom. The smallest absolute Gasteiger partial charge is 0.306 e. The van der Waals surface area contributed by atoms with E-state index in [0.717, 1.165) is 57.8 Å². The molecule has 0 radical (unpaired) electrons. The first-order valence-corrected chi connectivity index (χ1v) is 33.7. The topological polar surface area (TPSA) is 72.8 Å². The number of ether oxygens (including phenoxy) is 2. The number of hydrogen-bond acceptors (Lipinski definition) is 5. The summed E-state index contributed by atoms with van der Waals surface area (Å²) >= 11 is 0. The van der Waals surface area contributed by atoms with Crippen LogP contribution < -0.4 is 0 Å². The average molecular weight is 1050 g/mol. The Hall–Kier alpha value is -2.14. The zero-order chi connectivity index (χ0) is 54.1. The summed E-state index contributed by atoms with van der Waals surface area (Å²) in [6.07, 6.45) is 88.6. The maximum absolute atomic E-state index is 12.4. The molecule has 0 heterocycles. The van der Waals surface area contributed by atoms with Crippen molar-refractivity contribution >= 4 is 11.9 Å². The van der Waals surface area contributed by atoms with Gasteiger partial charge in [0.2, 0.25) is 0 Å². The molecule has 0 aliphatic heterocycles. The lowest BCUT2D eigenvalue weighted by atomic mass is 10.0. The summed E-state index contributed by atoms with van der Waals surface area (Å²) < 4.78 is 10.8. The summed E-state index contributed by atoms with van der Waals surface area (Å²) in [4.78, 5) is 24.6. The van der Waals surface area contributed by atoms with Gasteiger partial charge in [0.25, 0.3) is 0 Å². The molecule has 75 heavy (non-hydrogen) atoms. The second-order valence-corrected chi connectivity index (χ2v) is 22.9. The van der Waals surface area contributed by atoms with Crippen molar-refractivity contribution in [2.75, 3.05) is 13.2 Å². The van der Waals surface area contributed by atoms with E-state index in [0.29, 0.717) is 12.8 Å². The van der Waals surface area contributed by atoms with Gasteiger partial charge in [0.1, 0.15) is 6.61 Å². The van der Waals surface area contributed by atoms with E-state index in [4.69, 9.17) is 9.47 Å². The molecule has 0 aliphatic rings. The van der Waals surface area contributed by atoms with Crippen molar-refractivity contribution in [1.29, 1.82) is 0 Å². The summed E-state index contributed by atoms with van der Waals surface area (Å²) in [5.41, 5.74) is 0. The molecule has 0 amide bonds. The van der Waals surface area contributed by atoms with Gasteiger partial charge in [-0.3, -0.25) is 9.59 Å². The molecule has 1 unspecified atom stereocenters. The van der Waals surface area contributed by atoms with Gasteiger partial charge in [-0.2, -0.15) is 0 Å². The third-order valence-electron chi connectivity index (χ3n) is 15.4. The number of rotatable bonds is 63. The minimum atomic E-state index is -0.769. The molecular formula is C70H130O5. The van der Waals surface area contributed by atoms with Crippen molar-refractivity contribution in [1.82, 2.24) is 0 Å². The van der Waals surface area contributed by atoms with E-state index in [1.165, 1.54) is 283 Å². The van der Waals surface area contributed by atoms with Gasteiger partial charge in [-0.25, -0.2) is 0 Å². The Morgan fingerprint density at radius 1 is 0.320 bits per heavy atom. The Morgan fingerprint density at radius 3 is 0.867 bits per heavy atom. The van der Waals surface area contributed by atoms with Crippen LogP contribution in [0.3, 0.4) is 0 Å². The average Bonchev–Trinajstić information content (AvgIpc) is 3.41. The highest BCUT2D eigenvalue weighted by Crippen LogP contribution is 2.19. The highest BCUT2D eigenvalue weighted by molar-refractivity contribution is 5.70. The predicted molar refractivity (Wildman–Crippen MR) is 330 cm³/mol. The molecule has 0 rings (SSSR count). The number of allylic oxidation sites excluding steroid dienone is 8. The van der Waals surface area contributed by atoms with Crippen LogP contribution in [0.15, 0.2) is 48.6 Å². The number of esters is 2. The second kappa shape index (κ2) is 66.1. The van der Waals surface area contributed by atoms with E-state index >= 15 is 0 Å². The molecule has 1 N–H and O–H groups in total. The van der Waals surface area contributed by atoms with E-state index in [9.17, 15) is 14.7 Å². The molecule has 5 nitrogen and oxygen atoms in total. The summed E-state index contributed by atoms with van der Waals surface area (Å²) in [7, 11) is 0. The fourth-order valence-corrected chi connectivity index (χ4v) is 10.4. The Bertz CT molecular complexity index is 1230. The van der Waals surface area contributed by atoms with Crippen LogP contribution in [-0.4, -0.2) is 36.4 Å². The quantitative estimate of drug-likeness (QED) is 0.0373. The first-order chi connectivity index (χ1) is 37.1. The van der Waals surface area contributed by atoms with Crippen molar-refractivity contribution in [3.05, 3.63) is 48.6 Å². The first-order valence-electron chi connectivity index (χ1n) is 33.7. The molecule has 0 aromatic carbocycles. The highest BCUT2D eigenvalue weighted by atomic mass is 16.6. The molecule has 0 saturated carbocycles. The lowest BCUT2D eigenvalue weighted by Gasteiger charge is -2.15. The van der Waals surface area contributed by atoms with Crippen molar-refractivity contribution in [2.24, 2.45) is 0 Å². The van der Waals surface area contributed by atoms with Gasteiger partial charge in [0, 0.05) is 12.8 Å². The summed E-state index contributed by atoms with van der Waals surface area (Å²) in [5.74, 6) is -0.565. The second-order valence-electron chi connectivity index (χ2n) is 22.9. The van der Waals surface area contributed by atoms with Gasteiger partial charge in [-0.1, -0.05) is 351 Å². The van der Waals surface area contributed by atoms with Crippen LogP contribution in [0.25, 0.3) is 0 Å². The molecule has 0 saturated heterocycles. The zero-order valence-electron chi connectivity index (χ0n) is 50.6. The van der Waals surface area contributed by atoms with Crippen LogP contribution in [0.1, 0.15) is 367 Å². The minimum Gasteiger partial charge on any atom is -0.462 e. The highest BCUT2D eigenvalue weighted by Gasteiger charge is 2.16. The predicted octanol–water partition coefficient (Wildman–Crippen LogP) is 23.2. The summed E-state index contributed by atoms with van der Waals surface area (Å²) in [6, 6.07) is 0. The number of unbranched alkanes of at least 4 members (excludes halogenated alkanes) is 47. The molecule has 0 bridgehead atoms. The van der Waals surface area contributed by atoms with Crippen LogP contribution >= 0.6 is 0 Å². The Labute approximate surface area is 469 Å². The van der Waals surface area contributed by atoms with Gasteiger partial charge < -0.3 is 14.6 Å². The molecule has 0 aliphatic carbocycles. The molecule has 0 spiro atoms. The fourth-order valence-electron chi connectivity index (χ4n) is 10.4. The first kappa shape index (κ1) is 72.9. The maximum Gasteiger partial charge on any atom is 0.306 e. The number of aliphatic hydroxyl groups is 1. The number of aliphatic hydroxyl groups excluding tert-OH is 1. The normalized spacial score (nSPS) is 12.4. The largest absolute Gasteiger partial charge is 0.462 e. The fraction of sp³-hybridized carbons (Fsp3) is 0.857. The zero-order valence-corrected chi connectivity index (χ0v) is 50.6.